The van der Waals surface area contributed by atoms with Crippen molar-refractivity contribution < 1.29 is 4.79 Å². The van der Waals surface area contributed by atoms with Gasteiger partial charge in [0.05, 0.1) is 22.1 Å². The first-order valence-electron chi connectivity index (χ1n) is 7.33. The second-order valence-electron chi connectivity index (χ2n) is 5.08. The van der Waals surface area contributed by atoms with Crippen LogP contribution in [-0.2, 0) is 0 Å². The molecule has 0 spiro atoms. The molecular formula is C18H12N4OS. The third-order valence-corrected chi connectivity index (χ3v) is 4.57. The summed E-state index contributed by atoms with van der Waals surface area (Å²) in [6.45, 7) is 0. The first-order chi connectivity index (χ1) is 11.8. The van der Waals surface area contributed by atoms with Crippen LogP contribution >= 0.6 is 11.3 Å². The van der Waals surface area contributed by atoms with Crippen molar-refractivity contribution in [3.05, 3.63) is 72.8 Å². The van der Waals surface area contributed by atoms with E-state index in [1.807, 2.05) is 48.5 Å². The number of carbonyl (C=O) groups is 1. The number of aromatic nitrogens is 3. The molecule has 0 atom stereocenters. The molecule has 0 aliphatic heterocycles. The standard InChI is InChI=1S/C18H12N4OS/c23-17(15-11-19-9-10-20-15)21-13-6-2-1-5-12(13)18-22-14-7-3-4-8-16(14)24-18/h1-11H,(H,21,23). The minimum absolute atomic E-state index is 0.275. The Kier molecular flexibility index (Phi) is 3.72. The summed E-state index contributed by atoms with van der Waals surface area (Å²) in [6, 6.07) is 15.6. The van der Waals surface area contributed by atoms with Crippen molar-refractivity contribution in [3.63, 3.8) is 0 Å². The smallest absolute Gasteiger partial charge is 0.275 e. The van der Waals surface area contributed by atoms with Gasteiger partial charge in [-0.3, -0.25) is 9.78 Å². The maximum Gasteiger partial charge on any atom is 0.275 e. The van der Waals surface area contributed by atoms with Crippen LogP contribution in [-0.4, -0.2) is 20.9 Å². The van der Waals surface area contributed by atoms with Gasteiger partial charge in [0.2, 0.25) is 0 Å². The van der Waals surface area contributed by atoms with Gasteiger partial charge in [0.1, 0.15) is 10.7 Å². The summed E-state index contributed by atoms with van der Waals surface area (Å²) in [5.74, 6) is -0.295. The molecule has 116 valence electrons. The molecule has 1 N–H and O–H groups in total. The second kappa shape index (κ2) is 6.17. The van der Waals surface area contributed by atoms with Gasteiger partial charge in [-0.05, 0) is 24.3 Å². The average Bonchev–Trinajstić information content (AvgIpc) is 3.07. The molecule has 5 nitrogen and oxygen atoms in total. The fourth-order valence-electron chi connectivity index (χ4n) is 2.37. The van der Waals surface area contributed by atoms with Crippen LogP contribution < -0.4 is 5.32 Å². The Morgan fingerprint density at radius 3 is 2.67 bits per heavy atom. The molecule has 0 aliphatic rings. The summed E-state index contributed by atoms with van der Waals surface area (Å²) < 4.78 is 1.11. The zero-order chi connectivity index (χ0) is 16.4. The zero-order valence-corrected chi connectivity index (χ0v) is 13.3. The van der Waals surface area contributed by atoms with E-state index in [1.165, 1.54) is 18.6 Å². The van der Waals surface area contributed by atoms with Crippen molar-refractivity contribution in [2.24, 2.45) is 0 Å². The summed E-state index contributed by atoms with van der Waals surface area (Å²) in [5, 5.41) is 3.76. The van der Waals surface area contributed by atoms with Gasteiger partial charge in [-0.25, -0.2) is 9.97 Å². The molecule has 2 aromatic carbocycles. The highest BCUT2D eigenvalue weighted by atomic mass is 32.1. The van der Waals surface area contributed by atoms with Gasteiger partial charge >= 0.3 is 0 Å². The van der Waals surface area contributed by atoms with Crippen LogP contribution in [0.25, 0.3) is 20.8 Å². The molecular weight excluding hydrogens is 320 g/mol. The molecule has 0 radical (unpaired) electrons. The molecule has 4 rings (SSSR count). The first kappa shape index (κ1) is 14.5. The summed E-state index contributed by atoms with van der Waals surface area (Å²) in [7, 11) is 0. The van der Waals surface area contributed by atoms with Crippen molar-refractivity contribution in [1.29, 1.82) is 0 Å². The number of nitrogens with one attached hydrogen (secondary N) is 1. The molecule has 1 amide bonds. The van der Waals surface area contributed by atoms with Gasteiger partial charge in [0, 0.05) is 18.0 Å². The molecule has 4 aromatic rings. The van der Waals surface area contributed by atoms with E-state index >= 15 is 0 Å². The van der Waals surface area contributed by atoms with Gasteiger partial charge in [0.25, 0.3) is 5.91 Å². The first-order valence-corrected chi connectivity index (χ1v) is 8.15. The topological polar surface area (TPSA) is 67.8 Å². The minimum atomic E-state index is -0.295. The largest absolute Gasteiger partial charge is 0.320 e. The van der Waals surface area contributed by atoms with Crippen molar-refractivity contribution in [3.8, 4) is 10.6 Å². The molecule has 24 heavy (non-hydrogen) atoms. The fraction of sp³-hybridized carbons (Fsp3) is 0. The Morgan fingerprint density at radius 1 is 1.00 bits per heavy atom. The van der Waals surface area contributed by atoms with E-state index in [0.29, 0.717) is 5.69 Å². The quantitative estimate of drug-likeness (QED) is 0.615. The van der Waals surface area contributed by atoms with Crippen LogP contribution in [0.5, 0.6) is 0 Å². The average molecular weight is 332 g/mol. The lowest BCUT2D eigenvalue weighted by molar-refractivity contribution is 0.102. The van der Waals surface area contributed by atoms with Gasteiger partial charge in [-0.15, -0.1) is 11.3 Å². The van der Waals surface area contributed by atoms with Crippen LogP contribution in [0, 0.1) is 0 Å². The normalized spacial score (nSPS) is 10.7. The molecule has 0 aliphatic carbocycles. The van der Waals surface area contributed by atoms with E-state index in [0.717, 1.165) is 20.8 Å². The van der Waals surface area contributed by atoms with Crippen molar-refractivity contribution >= 4 is 33.1 Å². The second-order valence-corrected chi connectivity index (χ2v) is 6.11. The van der Waals surface area contributed by atoms with Crippen molar-refractivity contribution in [1.82, 2.24) is 15.0 Å². The highest BCUT2D eigenvalue weighted by Gasteiger charge is 2.13. The van der Waals surface area contributed by atoms with Gasteiger partial charge in [0.15, 0.2) is 0 Å². The number of hydrogen-bond acceptors (Lipinski definition) is 5. The van der Waals surface area contributed by atoms with E-state index in [4.69, 9.17) is 0 Å². The maximum absolute atomic E-state index is 12.3. The van der Waals surface area contributed by atoms with E-state index in [1.54, 1.807) is 11.3 Å². The summed E-state index contributed by atoms with van der Waals surface area (Å²) in [6.07, 6.45) is 4.47. The number of para-hydroxylation sites is 2. The molecule has 0 saturated carbocycles. The summed E-state index contributed by atoms with van der Waals surface area (Å²) in [5.41, 5.74) is 2.81. The van der Waals surface area contributed by atoms with Crippen LogP contribution in [0.4, 0.5) is 5.69 Å². The zero-order valence-electron chi connectivity index (χ0n) is 12.5. The number of benzene rings is 2. The Bertz CT molecular complexity index is 981. The van der Waals surface area contributed by atoms with E-state index < -0.39 is 0 Å². The Labute approximate surface area is 142 Å². The number of hydrogen-bond donors (Lipinski definition) is 1. The predicted molar refractivity (Wildman–Crippen MR) is 95.0 cm³/mol. The number of fused-ring (bicyclic) bond motifs is 1. The molecule has 0 unspecified atom stereocenters. The third kappa shape index (κ3) is 2.75. The molecule has 2 heterocycles. The monoisotopic (exact) mass is 332 g/mol. The molecule has 0 fully saturated rings. The number of carbonyl (C=O) groups excluding carboxylic acids is 1. The van der Waals surface area contributed by atoms with Crippen LogP contribution in [0.2, 0.25) is 0 Å². The third-order valence-electron chi connectivity index (χ3n) is 3.50. The van der Waals surface area contributed by atoms with Gasteiger partial charge < -0.3 is 5.32 Å². The van der Waals surface area contributed by atoms with Gasteiger partial charge in [-0.1, -0.05) is 24.3 Å². The molecule has 0 bridgehead atoms. The van der Waals surface area contributed by atoms with E-state index in [9.17, 15) is 4.79 Å². The molecule has 0 saturated heterocycles. The number of rotatable bonds is 3. The number of thiazole rings is 1. The van der Waals surface area contributed by atoms with Crippen molar-refractivity contribution in [2.75, 3.05) is 5.32 Å². The highest BCUT2D eigenvalue weighted by Crippen LogP contribution is 2.34. The number of amides is 1. The lowest BCUT2D eigenvalue weighted by Gasteiger charge is -2.08. The Morgan fingerprint density at radius 2 is 1.83 bits per heavy atom. The molecule has 6 heteroatoms. The number of anilines is 1. The molecule has 2 aromatic heterocycles. The van der Waals surface area contributed by atoms with Crippen molar-refractivity contribution in [2.45, 2.75) is 0 Å². The Hall–Kier alpha value is -3.12. The highest BCUT2D eigenvalue weighted by molar-refractivity contribution is 7.21. The SMILES string of the molecule is O=C(Nc1ccccc1-c1nc2ccccc2s1)c1cnccn1. The summed E-state index contributed by atoms with van der Waals surface area (Å²) >= 11 is 1.60. The lowest BCUT2D eigenvalue weighted by Crippen LogP contribution is -2.14. The summed E-state index contributed by atoms with van der Waals surface area (Å²) in [4.78, 5) is 24.9. The predicted octanol–water partition coefficient (Wildman–Crippen LogP) is 4.01. The minimum Gasteiger partial charge on any atom is -0.320 e. The van der Waals surface area contributed by atoms with Crippen LogP contribution in [0.1, 0.15) is 10.5 Å². The maximum atomic E-state index is 12.3. The number of nitrogens with zero attached hydrogens (tertiary/aromatic N) is 3. The van der Waals surface area contributed by atoms with E-state index in [-0.39, 0.29) is 11.6 Å². The van der Waals surface area contributed by atoms with Crippen LogP contribution in [0.15, 0.2) is 67.1 Å². The lowest BCUT2D eigenvalue weighted by atomic mass is 10.2. The van der Waals surface area contributed by atoms with Crippen LogP contribution in [0.3, 0.4) is 0 Å². The van der Waals surface area contributed by atoms with Gasteiger partial charge in [-0.2, -0.15) is 0 Å². The Balaban J connectivity index is 1.71. The van der Waals surface area contributed by atoms with E-state index in [2.05, 4.69) is 20.3 Å². The fourth-order valence-corrected chi connectivity index (χ4v) is 3.37.